The van der Waals surface area contributed by atoms with E-state index in [2.05, 4.69) is 37.4 Å². The van der Waals surface area contributed by atoms with Gasteiger partial charge in [-0.1, -0.05) is 75.5 Å². The third kappa shape index (κ3) is 6.11. The molecule has 0 aliphatic heterocycles. The van der Waals surface area contributed by atoms with E-state index < -0.39 is 0 Å². The summed E-state index contributed by atoms with van der Waals surface area (Å²) < 4.78 is 0. The van der Waals surface area contributed by atoms with Gasteiger partial charge >= 0.3 is 0 Å². The normalized spacial score (nSPS) is 19.5. The van der Waals surface area contributed by atoms with Crippen LogP contribution in [0, 0.1) is 13.8 Å². The zero-order valence-corrected chi connectivity index (χ0v) is 14.1. The summed E-state index contributed by atoms with van der Waals surface area (Å²) in [5.41, 5.74) is 4.09. The number of benzene rings is 1. The van der Waals surface area contributed by atoms with Crippen LogP contribution in [-0.4, -0.2) is 6.04 Å². The van der Waals surface area contributed by atoms with E-state index in [1.54, 1.807) is 0 Å². The summed E-state index contributed by atoms with van der Waals surface area (Å²) in [5, 5.41) is 3.83. The van der Waals surface area contributed by atoms with E-state index in [1.165, 1.54) is 87.4 Å². The van der Waals surface area contributed by atoms with Gasteiger partial charge < -0.3 is 5.32 Å². The van der Waals surface area contributed by atoms with E-state index in [9.17, 15) is 0 Å². The van der Waals surface area contributed by atoms with Crippen LogP contribution in [0.5, 0.6) is 0 Å². The molecule has 118 valence electrons. The predicted molar refractivity (Wildman–Crippen MR) is 94.1 cm³/mol. The minimum Gasteiger partial charge on any atom is -0.382 e. The van der Waals surface area contributed by atoms with Gasteiger partial charge in [-0.25, -0.2) is 0 Å². The van der Waals surface area contributed by atoms with E-state index in [1.807, 2.05) is 0 Å². The fourth-order valence-corrected chi connectivity index (χ4v) is 3.50. The van der Waals surface area contributed by atoms with Crippen molar-refractivity contribution in [3.8, 4) is 0 Å². The maximum atomic E-state index is 3.83. The van der Waals surface area contributed by atoms with Crippen LogP contribution in [0.3, 0.4) is 0 Å². The van der Waals surface area contributed by atoms with Crippen molar-refractivity contribution < 1.29 is 0 Å². The lowest BCUT2D eigenvalue weighted by atomic mass is 9.97. The summed E-state index contributed by atoms with van der Waals surface area (Å²) in [4.78, 5) is 0. The first-order chi connectivity index (χ1) is 10.3. The number of aryl methyl sites for hydroxylation is 2. The molecule has 0 bridgehead atoms. The van der Waals surface area contributed by atoms with Gasteiger partial charge in [0.05, 0.1) is 0 Å². The third-order valence-corrected chi connectivity index (χ3v) is 4.85. The highest BCUT2D eigenvalue weighted by molar-refractivity contribution is 5.52. The topological polar surface area (TPSA) is 12.0 Å². The summed E-state index contributed by atoms with van der Waals surface area (Å²) in [5.74, 6) is 0. The minimum absolute atomic E-state index is 0.672. The SMILES string of the molecule is Cc1ccc(NC2CCCCCCCCCCC2)c(C)c1. The molecule has 1 saturated carbocycles. The van der Waals surface area contributed by atoms with Gasteiger partial charge in [-0.2, -0.15) is 0 Å². The van der Waals surface area contributed by atoms with Gasteiger partial charge in [0.1, 0.15) is 0 Å². The van der Waals surface area contributed by atoms with Crippen LogP contribution in [0.1, 0.15) is 81.8 Å². The highest BCUT2D eigenvalue weighted by Gasteiger charge is 2.10. The standard InChI is InChI=1S/C20H33N/c1-17-14-15-20(18(2)16-17)21-19-12-10-8-6-4-3-5-7-9-11-13-19/h14-16,19,21H,3-13H2,1-2H3. The van der Waals surface area contributed by atoms with Gasteiger partial charge in [0.2, 0.25) is 0 Å². The lowest BCUT2D eigenvalue weighted by Gasteiger charge is -2.22. The molecular formula is C20H33N. The summed E-state index contributed by atoms with van der Waals surface area (Å²) in [6.45, 7) is 4.40. The molecule has 1 aromatic carbocycles. The molecule has 0 amide bonds. The Bertz CT molecular complexity index is 398. The van der Waals surface area contributed by atoms with Gasteiger partial charge in [-0.15, -0.1) is 0 Å². The molecule has 1 nitrogen and oxygen atoms in total. The first-order valence-electron chi connectivity index (χ1n) is 9.09. The van der Waals surface area contributed by atoms with Crippen molar-refractivity contribution in [2.24, 2.45) is 0 Å². The number of hydrogen-bond donors (Lipinski definition) is 1. The van der Waals surface area contributed by atoms with E-state index in [4.69, 9.17) is 0 Å². The molecule has 0 heterocycles. The molecule has 1 aliphatic carbocycles. The van der Waals surface area contributed by atoms with Crippen molar-refractivity contribution in [1.29, 1.82) is 0 Å². The zero-order chi connectivity index (χ0) is 14.9. The fraction of sp³-hybridized carbons (Fsp3) is 0.700. The second-order valence-corrected chi connectivity index (χ2v) is 6.92. The molecule has 0 saturated heterocycles. The Hall–Kier alpha value is -0.980. The molecule has 0 spiro atoms. The minimum atomic E-state index is 0.672. The Labute approximate surface area is 131 Å². The third-order valence-electron chi connectivity index (χ3n) is 4.85. The van der Waals surface area contributed by atoms with Crippen LogP contribution in [0.2, 0.25) is 0 Å². The second kappa shape index (κ2) is 9.12. The van der Waals surface area contributed by atoms with Crippen LogP contribution in [0.15, 0.2) is 18.2 Å². The molecule has 2 rings (SSSR count). The van der Waals surface area contributed by atoms with E-state index in [0.29, 0.717) is 6.04 Å². The van der Waals surface area contributed by atoms with Crippen LogP contribution >= 0.6 is 0 Å². The monoisotopic (exact) mass is 287 g/mol. The molecule has 0 radical (unpaired) electrons. The van der Waals surface area contributed by atoms with Crippen LogP contribution in [0.4, 0.5) is 5.69 Å². The van der Waals surface area contributed by atoms with Crippen molar-refractivity contribution >= 4 is 5.69 Å². The first-order valence-corrected chi connectivity index (χ1v) is 9.09. The Kier molecular flexibility index (Phi) is 7.12. The van der Waals surface area contributed by atoms with E-state index >= 15 is 0 Å². The van der Waals surface area contributed by atoms with Gasteiger partial charge in [0.25, 0.3) is 0 Å². The highest BCUT2D eigenvalue weighted by Crippen LogP contribution is 2.22. The average molecular weight is 287 g/mol. The maximum absolute atomic E-state index is 3.83. The molecule has 1 fully saturated rings. The smallest absolute Gasteiger partial charge is 0.0372 e. The van der Waals surface area contributed by atoms with Crippen molar-refractivity contribution in [3.63, 3.8) is 0 Å². The number of anilines is 1. The Morgan fingerprint density at radius 2 is 1.29 bits per heavy atom. The maximum Gasteiger partial charge on any atom is 0.0372 e. The fourth-order valence-electron chi connectivity index (χ4n) is 3.50. The van der Waals surface area contributed by atoms with Crippen molar-refractivity contribution in [2.45, 2.75) is 90.5 Å². The predicted octanol–water partition coefficient (Wildman–Crippen LogP) is 6.39. The lowest BCUT2D eigenvalue weighted by Crippen LogP contribution is -2.20. The molecule has 1 N–H and O–H groups in total. The Balaban J connectivity index is 1.90. The van der Waals surface area contributed by atoms with Crippen molar-refractivity contribution in [3.05, 3.63) is 29.3 Å². The van der Waals surface area contributed by atoms with E-state index in [-0.39, 0.29) is 0 Å². The molecular weight excluding hydrogens is 254 g/mol. The van der Waals surface area contributed by atoms with Crippen LogP contribution in [0.25, 0.3) is 0 Å². The average Bonchev–Trinajstić information content (AvgIpc) is 2.44. The largest absolute Gasteiger partial charge is 0.382 e. The number of rotatable bonds is 2. The Morgan fingerprint density at radius 3 is 1.81 bits per heavy atom. The quantitative estimate of drug-likeness (QED) is 0.664. The summed E-state index contributed by atoms with van der Waals surface area (Å²) in [6, 6.07) is 7.45. The summed E-state index contributed by atoms with van der Waals surface area (Å²) in [7, 11) is 0. The molecule has 1 aliphatic rings. The lowest BCUT2D eigenvalue weighted by molar-refractivity contribution is 0.480. The summed E-state index contributed by atoms with van der Waals surface area (Å²) in [6.07, 6.45) is 15.6. The molecule has 0 aromatic heterocycles. The van der Waals surface area contributed by atoms with Crippen LogP contribution in [-0.2, 0) is 0 Å². The van der Waals surface area contributed by atoms with Crippen molar-refractivity contribution in [1.82, 2.24) is 0 Å². The molecule has 0 unspecified atom stereocenters. The summed E-state index contributed by atoms with van der Waals surface area (Å²) >= 11 is 0. The van der Waals surface area contributed by atoms with Crippen LogP contribution < -0.4 is 5.32 Å². The number of nitrogens with one attached hydrogen (secondary N) is 1. The molecule has 1 aromatic rings. The first kappa shape index (κ1) is 16.4. The number of hydrogen-bond acceptors (Lipinski definition) is 1. The van der Waals surface area contributed by atoms with Gasteiger partial charge in [-0.3, -0.25) is 0 Å². The molecule has 21 heavy (non-hydrogen) atoms. The van der Waals surface area contributed by atoms with Gasteiger partial charge in [0, 0.05) is 11.7 Å². The highest BCUT2D eigenvalue weighted by atomic mass is 14.9. The zero-order valence-electron chi connectivity index (χ0n) is 14.1. The van der Waals surface area contributed by atoms with E-state index in [0.717, 1.165) is 0 Å². The molecule has 1 heteroatoms. The van der Waals surface area contributed by atoms with Crippen molar-refractivity contribution in [2.75, 3.05) is 5.32 Å². The second-order valence-electron chi connectivity index (χ2n) is 6.92. The van der Waals surface area contributed by atoms with Gasteiger partial charge in [-0.05, 0) is 38.3 Å². The molecule has 0 atom stereocenters. The van der Waals surface area contributed by atoms with Gasteiger partial charge in [0.15, 0.2) is 0 Å². The Morgan fingerprint density at radius 1 is 0.762 bits per heavy atom.